The molecule has 1 fully saturated rings. The van der Waals surface area contributed by atoms with Crippen LogP contribution >= 0.6 is 27.7 Å². The standard InChI is InChI=1S/C11H12BrNO4S/c1-17-8-3-5(2-6(12)9(8)14)10-13-7(4-18-10)11(15)16/h2-3,7,10,13-14H,4H2,1H3,(H,15,16)/t7-,10?/m0/s1. The highest BCUT2D eigenvalue weighted by Gasteiger charge is 2.31. The van der Waals surface area contributed by atoms with Gasteiger partial charge in [0.1, 0.15) is 6.04 Å². The summed E-state index contributed by atoms with van der Waals surface area (Å²) < 4.78 is 5.59. The van der Waals surface area contributed by atoms with E-state index in [1.165, 1.54) is 18.9 Å². The number of thioether (sulfide) groups is 1. The molecule has 0 saturated carbocycles. The van der Waals surface area contributed by atoms with Crippen molar-refractivity contribution in [3.05, 3.63) is 22.2 Å². The summed E-state index contributed by atoms with van der Waals surface area (Å²) in [5.74, 6) is 0.0651. The molecule has 3 N–H and O–H groups in total. The number of hydrogen-bond acceptors (Lipinski definition) is 5. The molecule has 0 amide bonds. The number of phenolic OH excluding ortho intramolecular Hbond substituents is 1. The Kier molecular flexibility index (Phi) is 4.04. The molecule has 7 heteroatoms. The van der Waals surface area contributed by atoms with Gasteiger partial charge in [-0.2, -0.15) is 0 Å². The second kappa shape index (κ2) is 5.38. The number of rotatable bonds is 3. The molecule has 0 aromatic heterocycles. The van der Waals surface area contributed by atoms with Gasteiger partial charge in [0.25, 0.3) is 0 Å². The van der Waals surface area contributed by atoms with Gasteiger partial charge in [-0.15, -0.1) is 11.8 Å². The molecular formula is C11H12BrNO4S. The number of aromatic hydroxyl groups is 1. The molecule has 2 rings (SSSR count). The zero-order valence-corrected chi connectivity index (χ0v) is 11.9. The van der Waals surface area contributed by atoms with Gasteiger partial charge in [-0.05, 0) is 33.6 Å². The van der Waals surface area contributed by atoms with Gasteiger partial charge in [0.15, 0.2) is 11.5 Å². The summed E-state index contributed by atoms with van der Waals surface area (Å²) in [6, 6.07) is 2.92. The smallest absolute Gasteiger partial charge is 0.321 e. The normalized spacial score (nSPS) is 23.0. The van der Waals surface area contributed by atoms with Crippen LogP contribution in [0.2, 0.25) is 0 Å². The number of halogens is 1. The van der Waals surface area contributed by atoms with E-state index < -0.39 is 12.0 Å². The van der Waals surface area contributed by atoms with Crippen LogP contribution in [0.1, 0.15) is 10.9 Å². The molecule has 2 atom stereocenters. The van der Waals surface area contributed by atoms with Crippen LogP contribution in [-0.4, -0.2) is 35.1 Å². The third-order valence-corrected chi connectivity index (χ3v) is 4.53. The van der Waals surface area contributed by atoms with Gasteiger partial charge in [-0.3, -0.25) is 10.1 Å². The first kappa shape index (κ1) is 13.5. The predicted molar refractivity (Wildman–Crippen MR) is 72.1 cm³/mol. The van der Waals surface area contributed by atoms with E-state index in [1.807, 2.05) is 0 Å². The van der Waals surface area contributed by atoms with E-state index >= 15 is 0 Å². The largest absolute Gasteiger partial charge is 0.503 e. The second-order valence-corrected chi connectivity index (χ2v) is 5.82. The summed E-state index contributed by atoms with van der Waals surface area (Å²) in [6.07, 6.45) is 0. The minimum atomic E-state index is -0.852. The van der Waals surface area contributed by atoms with Gasteiger partial charge in [-0.25, -0.2) is 0 Å². The Morgan fingerprint density at radius 3 is 2.89 bits per heavy atom. The Morgan fingerprint density at radius 2 is 2.33 bits per heavy atom. The number of phenols is 1. The first-order valence-corrected chi connectivity index (χ1v) is 7.04. The van der Waals surface area contributed by atoms with Crippen LogP contribution in [0.3, 0.4) is 0 Å². The number of benzene rings is 1. The highest BCUT2D eigenvalue weighted by molar-refractivity contribution is 9.10. The maximum atomic E-state index is 10.9. The van der Waals surface area contributed by atoms with Gasteiger partial charge in [-0.1, -0.05) is 0 Å². The van der Waals surface area contributed by atoms with E-state index in [2.05, 4.69) is 21.2 Å². The minimum absolute atomic E-state index is 0.0408. The number of methoxy groups -OCH3 is 1. The van der Waals surface area contributed by atoms with Crippen LogP contribution < -0.4 is 10.1 Å². The lowest BCUT2D eigenvalue weighted by Gasteiger charge is -2.14. The van der Waals surface area contributed by atoms with Gasteiger partial charge in [0.05, 0.1) is 17.0 Å². The lowest BCUT2D eigenvalue weighted by atomic mass is 10.2. The van der Waals surface area contributed by atoms with Crippen molar-refractivity contribution in [1.29, 1.82) is 0 Å². The fraction of sp³-hybridized carbons (Fsp3) is 0.364. The third kappa shape index (κ3) is 2.57. The van der Waals surface area contributed by atoms with E-state index in [4.69, 9.17) is 9.84 Å². The lowest BCUT2D eigenvalue weighted by Crippen LogP contribution is -2.33. The molecule has 0 aliphatic carbocycles. The Labute approximate surface area is 117 Å². The molecular weight excluding hydrogens is 322 g/mol. The van der Waals surface area contributed by atoms with Gasteiger partial charge >= 0.3 is 5.97 Å². The van der Waals surface area contributed by atoms with E-state index in [0.717, 1.165) is 5.56 Å². The maximum Gasteiger partial charge on any atom is 0.321 e. The first-order chi connectivity index (χ1) is 8.52. The van der Waals surface area contributed by atoms with E-state index in [1.54, 1.807) is 12.1 Å². The van der Waals surface area contributed by atoms with Crippen molar-refractivity contribution in [3.63, 3.8) is 0 Å². The molecule has 0 radical (unpaired) electrons. The molecule has 1 aliphatic rings. The molecule has 18 heavy (non-hydrogen) atoms. The van der Waals surface area contributed by atoms with E-state index in [0.29, 0.717) is 16.0 Å². The van der Waals surface area contributed by atoms with E-state index in [9.17, 15) is 9.90 Å². The summed E-state index contributed by atoms with van der Waals surface area (Å²) in [5, 5.41) is 21.5. The third-order valence-electron chi connectivity index (χ3n) is 2.65. The Hall–Kier alpha value is -0.920. The monoisotopic (exact) mass is 333 g/mol. The topological polar surface area (TPSA) is 78.8 Å². The van der Waals surface area contributed by atoms with Crippen LogP contribution in [0.15, 0.2) is 16.6 Å². The molecule has 5 nitrogen and oxygen atoms in total. The molecule has 1 aromatic carbocycles. The Bertz CT molecular complexity index is 482. The van der Waals surface area contributed by atoms with Crippen LogP contribution in [0.5, 0.6) is 11.5 Å². The number of carboxylic acids is 1. The van der Waals surface area contributed by atoms with Crippen molar-refractivity contribution in [2.24, 2.45) is 0 Å². The highest BCUT2D eigenvalue weighted by Crippen LogP contribution is 2.41. The molecule has 1 aromatic rings. The summed E-state index contributed by atoms with van der Waals surface area (Å²) >= 11 is 4.76. The molecule has 98 valence electrons. The molecule has 0 bridgehead atoms. The molecule has 1 saturated heterocycles. The van der Waals surface area contributed by atoms with Gasteiger partial charge in [0, 0.05) is 5.75 Å². The Morgan fingerprint density at radius 1 is 1.61 bits per heavy atom. The van der Waals surface area contributed by atoms with Crippen LogP contribution in [-0.2, 0) is 4.79 Å². The predicted octanol–water partition coefficient (Wildman–Crippen LogP) is 1.95. The number of nitrogens with one attached hydrogen (secondary N) is 1. The lowest BCUT2D eigenvalue weighted by molar-refractivity contribution is -0.138. The summed E-state index contributed by atoms with van der Waals surface area (Å²) in [4.78, 5) is 10.9. The van der Waals surface area contributed by atoms with Crippen molar-refractivity contribution in [2.45, 2.75) is 11.4 Å². The van der Waals surface area contributed by atoms with Crippen molar-refractivity contribution < 1.29 is 19.7 Å². The number of ether oxygens (including phenoxy) is 1. The molecule has 0 spiro atoms. The minimum Gasteiger partial charge on any atom is -0.503 e. The molecule has 1 unspecified atom stereocenters. The van der Waals surface area contributed by atoms with E-state index in [-0.39, 0.29) is 11.1 Å². The van der Waals surface area contributed by atoms with Crippen LogP contribution in [0.4, 0.5) is 0 Å². The average molecular weight is 334 g/mol. The molecule has 1 heterocycles. The summed E-state index contributed by atoms with van der Waals surface area (Å²) in [7, 11) is 1.47. The fourth-order valence-corrected chi connectivity index (χ4v) is 3.38. The zero-order chi connectivity index (χ0) is 13.3. The first-order valence-electron chi connectivity index (χ1n) is 5.19. The van der Waals surface area contributed by atoms with Gasteiger partial charge < -0.3 is 14.9 Å². The number of aliphatic carboxylic acids is 1. The zero-order valence-electron chi connectivity index (χ0n) is 9.51. The van der Waals surface area contributed by atoms with Crippen molar-refractivity contribution in [1.82, 2.24) is 5.32 Å². The fourth-order valence-electron chi connectivity index (χ4n) is 1.71. The maximum absolute atomic E-state index is 10.9. The average Bonchev–Trinajstić information content (AvgIpc) is 2.82. The number of hydrogen-bond donors (Lipinski definition) is 3. The summed E-state index contributed by atoms with van der Waals surface area (Å²) in [5.41, 5.74) is 0.866. The van der Waals surface area contributed by atoms with Crippen molar-refractivity contribution in [3.8, 4) is 11.5 Å². The molecule has 1 aliphatic heterocycles. The number of carboxylic acid groups (broad SMARTS) is 1. The SMILES string of the molecule is COc1cc(C2N[C@H](C(=O)O)CS2)cc(Br)c1O. The quantitative estimate of drug-likeness (QED) is 0.784. The van der Waals surface area contributed by atoms with Crippen molar-refractivity contribution in [2.75, 3.05) is 12.9 Å². The second-order valence-electron chi connectivity index (χ2n) is 3.82. The number of carbonyl (C=O) groups is 1. The van der Waals surface area contributed by atoms with Crippen LogP contribution in [0.25, 0.3) is 0 Å². The summed E-state index contributed by atoms with van der Waals surface area (Å²) in [6.45, 7) is 0. The van der Waals surface area contributed by atoms with Crippen LogP contribution in [0, 0.1) is 0 Å². The highest BCUT2D eigenvalue weighted by atomic mass is 79.9. The van der Waals surface area contributed by atoms with Crippen molar-refractivity contribution >= 4 is 33.7 Å². The Balaban J connectivity index is 2.25. The van der Waals surface area contributed by atoms with Gasteiger partial charge in [0.2, 0.25) is 0 Å².